The van der Waals surface area contributed by atoms with E-state index >= 15 is 0 Å². The maximum atomic E-state index is 7.14. The maximum absolute atomic E-state index is 7.14. The molecule has 2 heterocycles. The molecule has 0 aromatic rings. The fourth-order valence-corrected chi connectivity index (χ4v) is 6.37. The number of ether oxygens (including phenoxy) is 4. The molecule has 0 aliphatic carbocycles. The van der Waals surface area contributed by atoms with Crippen molar-refractivity contribution in [2.45, 2.75) is 57.9 Å². The number of epoxide rings is 2. The minimum Gasteiger partial charge on any atom is -0.442 e. The zero-order valence-electron chi connectivity index (χ0n) is 20.7. The van der Waals surface area contributed by atoms with Crippen LogP contribution in [0.1, 0.15) is 33.6 Å². The highest BCUT2D eigenvalue weighted by Crippen LogP contribution is 2.18. The van der Waals surface area contributed by atoms with Crippen LogP contribution in [0.15, 0.2) is 0 Å². The van der Waals surface area contributed by atoms with E-state index in [0.717, 1.165) is 51.4 Å². The van der Waals surface area contributed by atoms with E-state index in [-0.39, 0.29) is 0 Å². The summed E-state index contributed by atoms with van der Waals surface area (Å²) < 4.78 is 47.8. The monoisotopic (exact) mass is 534 g/mol. The summed E-state index contributed by atoms with van der Waals surface area (Å²) in [4.78, 5) is 7.14. The Morgan fingerprint density at radius 3 is 1.75 bits per heavy atom. The van der Waals surface area contributed by atoms with Gasteiger partial charge in [-0.05, 0) is 39.7 Å². The fourth-order valence-electron chi connectivity index (χ4n) is 2.60. The van der Waals surface area contributed by atoms with Gasteiger partial charge in [0.25, 0.3) is 0 Å². The minimum atomic E-state index is -2.47. The molecule has 2 aliphatic heterocycles. The van der Waals surface area contributed by atoms with Crippen molar-refractivity contribution in [3.8, 4) is 0 Å². The molecular weight excluding hydrogens is 489 g/mol. The molecule has 2 unspecified atom stereocenters. The van der Waals surface area contributed by atoms with E-state index in [1.807, 2.05) is 20.8 Å². The van der Waals surface area contributed by atoms with Crippen LogP contribution in [0.4, 0.5) is 0 Å². The Kier molecular flexibility index (Phi) is 23.6. The SMILES string of the molecule is CCO[Si](CCCOCC1CO1)(OCC)OCC.O[SiH3].[SiH3]OO[SiH2]CCCOCC1CO1. The molecule has 2 saturated heterocycles. The molecule has 0 bridgehead atoms. The van der Waals surface area contributed by atoms with E-state index in [0.29, 0.717) is 66.2 Å². The van der Waals surface area contributed by atoms with Crippen LogP contribution in [0.3, 0.4) is 0 Å². The van der Waals surface area contributed by atoms with Crippen molar-refractivity contribution in [1.29, 1.82) is 0 Å². The van der Waals surface area contributed by atoms with Crippen LogP contribution in [0.5, 0.6) is 0 Å². The first-order valence-electron chi connectivity index (χ1n) is 11.6. The summed E-state index contributed by atoms with van der Waals surface area (Å²) in [5.74, 6) is 0. The molecule has 1 N–H and O–H groups in total. The van der Waals surface area contributed by atoms with Gasteiger partial charge in [0.15, 0.2) is 10.5 Å². The molecule has 0 saturated carbocycles. The molecule has 0 aromatic carbocycles. The predicted molar refractivity (Wildman–Crippen MR) is 133 cm³/mol. The van der Waals surface area contributed by atoms with Gasteiger partial charge < -0.3 is 46.2 Å². The van der Waals surface area contributed by atoms with Crippen LogP contribution in [0.25, 0.3) is 0 Å². The van der Waals surface area contributed by atoms with Crippen molar-refractivity contribution in [2.24, 2.45) is 0 Å². The van der Waals surface area contributed by atoms with E-state index in [2.05, 4.69) is 4.58 Å². The summed E-state index contributed by atoms with van der Waals surface area (Å²) in [6.07, 6.45) is 2.71. The molecule has 14 heteroatoms. The molecule has 2 fully saturated rings. The van der Waals surface area contributed by atoms with Gasteiger partial charge in [0.2, 0.25) is 9.76 Å². The van der Waals surface area contributed by atoms with E-state index in [9.17, 15) is 0 Å². The molecule has 32 heavy (non-hydrogen) atoms. The Balaban J connectivity index is 0.000000595. The van der Waals surface area contributed by atoms with E-state index in [1.165, 1.54) is 0 Å². The van der Waals surface area contributed by atoms with Crippen molar-refractivity contribution >= 4 is 39.5 Å². The zero-order chi connectivity index (χ0) is 23.9. The minimum absolute atomic E-state index is 0.306. The second kappa shape index (κ2) is 23.2. The second-order valence-electron chi connectivity index (χ2n) is 6.84. The predicted octanol–water partition coefficient (Wildman–Crippen LogP) is -1.38. The molecule has 0 amide bonds. The van der Waals surface area contributed by atoms with Crippen LogP contribution in [0, 0.1) is 0 Å². The summed E-state index contributed by atoms with van der Waals surface area (Å²) in [6.45, 7) is 12.5. The van der Waals surface area contributed by atoms with Gasteiger partial charge in [0, 0.05) is 39.1 Å². The van der Waals surface area contributed by atoms with Gasteiger partial charge in [-0.15, -0.1) is 0 Å². The quantitative estimate of drug-likeness (QED) is 0.0660. The van der Waals surface area contributed by atoms with Gasteiger partial charge in [-0.25, -0.2) is 0 Å². The number of hydrogen-bond acceptors (Lipinski definition) is 10. The number of rotatable bonds is 20. The second-order valence-corrected chi connectivity index (χ2v) is 11.3. The van der Waals surface area contributed by atoms with Gasteiger partial charge in [0.05, 0.1) is 26.4 Å². The lowest BCUT2D eigenvalue weighted by molar-refractivity contribution is -0.0927. The maximum Gasteiger partial charge on any atom is 0.501 e. The van der Waals surface area contributed by atoms with Crippen molar-refractivity contribution in [3.05, 3.63) is 0 Å². The molecule has 2 rings (SSSR count). The highest BCUT2D eigenvalue weighted by atomic mass is 28.4. The highest BCUT2D eigenvalue weighted by molar-refractivity contribution is 6.60. The molecule has 0 radical (unpaired) electrons. The normalized spacial score (nSPS) is 19.5. The molecule has 10 nitrogen and oxygen atoms in total. The van der Waals surface area contributed by atoms with Gasteiger partial charge in [0.1, 0.15) is 22.7 Å². The van der Waals surface area contributed by atoms with E-state index in [1.54, 1.807) is 0 Å². The zero-order valence-corrected chi connectivity index (χ0v) is 27.1. The fraction of sp³-hybridized carbons (Fsp3) is 1.00. The molecule has 0 spiro atoms. The lowest BCUT2D eigenvalue weighted by Crippen LogP contribution is -2.46. The van der Waals surface area contributed by atoms with Crippen LogP contribution in [-0.4, -0.2) is 116 Å². The summed E-state index contributed by atoms with van der Waals surface area (Å²) in [6, 6.07) is 1.95. The third-order valence-corrected chi connectivity index (χ3v) is 9.21. The van der Waals surface area contributed by atoms with Crippen LogP contribution in [-0.2, 0) is 41.4 Å². The van der Waals surface area contributed by atoms with Crippen LogP contribution < -0.4 is 0 Å². The average Bonchev–Trinajstić information content (AvgIpc) is 3.71. The molecule has 2 aliphatic rings. The van der Waals surface area contributed by atoms with Crippen LogP contribution >= 0.6 is 0 Å². The van der Waals surface area contributed by atoms with Crippen molar-refractivity contribution in [1.82, 2.24) is 0 Å². The van der Waals surface area contributed by atoms with Gasteiger partial charge in [-0.1, -0.05) is 0 Å². The smallest absolute Gasteiger partial charge is 0.442 e. The highest BCUT2D eigenvalue weighted by Gasteiger charge is 2.39. The Bertz CT molecular complexity index is 376. The van der Waals surface area contributed by atoms with Crippen molar-refractivity contribution < 1.29 is 46.2 Å². The summed E-state index contributed by atoms with van der Waals surface area (Å²) in [5.41, 5.74) is 0. The Morgan fingerprint density at radius 1 is 0.875 bits per heavy atom. The first-order valence-corrected chi connectivity index (χ1v) is 16.8. The lowest BCUT2D eigenvalue weighted by atomic mass is 10.5. The van der Waals surface area contributed by atoms with Gasteiger partial charge in [-0.3, -0.25) is 0 Å². The first kappa shape index (κ1) is 32.5. The molecule has 2 atom stereocenters. The lowest BCUT2D eigenvalue weighted by Gasteiger charge is -2.28. The first-order chi connectivity index (χ1) is 15.7. The van der Waals surface area contributed by atoms with E-state index in [4.69, 9.17) is 41.6 Å². The summed E-state index contributed by atoms with van der Waals surface area (Å²) in [5, 5.41) is 0. The molecule has 194 valence electrons. The third-order valence-electron chi connectivity index (χ3n) is 4.16. The standard InChI is InChI=1S/C12H26O5Si.C6H16O4Si2.H4OSi/c1-4-15-18(16-5-2,17-6-3)9-7-8-13-10-12-11-14-12;11-9-10-12-3-1-2-7-4-6-5-8-6;1-2/h12H,4-11H2,1-3H3;6H,1-5,12H2,11H3;1H,2H3. The Labute approximate surface area is 203 Å². The third kappa shape index (κ3) is 19.9. The van der Waals surface area contributed by atoms with Gasteiger partial charge in [-0.2, -0.15) is 0 Å². The van der Waals surface area contributed by atoms with Crippen molar-refractivity contribution in [2.75, 3.05) is 59.5 Å². The molecular formula is C18H46O10Si4. The Morgan fingerprint density at radius 2 is 1.34 bits per heavy atom. The van der Waals surface area contributed by atoms with Gasteiger partial charge >= 0.3 is 8.80 Å². The summed E-state index contributed by atoms with van der Waals surface area (Å²) >= 11 is 0. The number of hydrogen-bond donors (Lipinski definition) is 1. The van der Waals surface area contributed by atoms with E-state index < -0.39 is 18.6 Å². The van der Waals surface area contributed by atoms with Crippen molar-refractivity contribution in [3.63, 3.8) is 0 Å². The largest absolute Gasteiger partial charge is 0.501 e. The Hall–Kier alpha value is 0.468. The summed E-state index contributed by atoms with van der Waals surface area (Å²) in [7, 11) is -1.90. The molecule has 0 aromatic heterocycles. The topological polar surface area (TPSA) is 110 Å². The van der Waals surface area contributed by atoms with Crippen LogP contribution in [0.2, 0.25) is 12.1 Å². The average molecular weight is 535 g/mol.